The number of rotatable bonds is 5. The first-order valence-corrected chi connectivity index (χ1v) is 5.33. The van der Waals surface area contributed by atoms with Crippen LogP contribution in [-0.4, -0.2) is 47.9 Å². The molecule has 0 unspecified atom stereocenters. The van der Waals surface area contributed by atoms with E-state index >= 15 is 0 Å². The average Bonchev–Trinajstić information content (AvgIpc) is 2.02. The van der Waals surface area contributed by atoms with Crippen LogP contribution in [0.1, 0.15) is 34.6 Å². The zero-order chi connectivity index (χ0) is 11.3. The van der Waals surface area contributed by atoms with E-state index in [0.717, 1.165) is 13.1 Å². The van der Waals surface area contributed by atoms with Crippen LogP contribution in [0.2, 0.25) is 0 Å². The first kappa shape index (κ1) is 13.4. The molecule has 0 spiro atoms. The van der Waals surface area contributed by atoms with E-state index < -0.39 is 0 Å². The first-order chi connectivity index (χ1) is 6.36. The van der Waals surface area contributed by atoms with E-state index in [1.807, 2.05) is 4.90 Å². The number of nitrogens with zero attached hydrogens (tertiary/aromatic N) is 2. The summed E-state index contributed by atoms with van der Waals surface area (Å²) >= 11 is 0. The number of hydrogen-bond donors (Lipinski definition) is 0. The van der Waals surface area contributed by atoms with E-state index in [-0.39, 0.29) is 5.91 Å². The maximum absolute atomic E-state index is 11.3. The van der Waals surface area contributed by atoms with Crippen LogP contribution >= 0.6 is 0 Å². The molecular weight excluding hydrogens is 176 g/mol. The second-order valence-corrected chi connectivity index (χ2v) is 4.38. The van der Waals surface area contributed by atoms with E-state index in [0.29, 0.717) is 12.1 Å². The molecule has 0 aliphatic rings. The third kappa shape index (κ3) is 4.61. The fourth-order valence-electron chi connectivity index (χ4n) is 1.30. The minimum atomic E-state index is 0.164. The maximum atomic E-state index is 11.3. The topological polar surface area (TPSA) is 23.6 Å². The number of carbonyl (C=O) groups is 1. The van der Waals surface area contributed by atoms with Crippen LogP contribution in [0.5, 0.6) is 0 Å². The van der Waals surface area contributed by atoms with E-state index in [9.17, 15) is 4.79 Å². The lowest BCUT2D eigenvalue weighted by Crippen LogP contribution is -2.41. The van der Waals surface area contributed by atoms with Crippen LogP contribution < -0.4 is 0 Å². The highest BCUT2D eigenvalue weighted by Gasteiger charge is 2.13. The Hall–Kier alpha value is -0.570. The summed E-state index contributed by atoms with van der Waals surface area (Å²) < 4.78 is 0. The largest absolute Gasteiger partial charge is 0.339 e. The molecule has 0 aromatic heterocycles. The minimum Gasteiger partial charge on any atom is -0.339 e. The van der Waals surface area contributed by atoms with Crippen molar-refractivity contribution in [3.63, 3.8) is 0 Å². The van der Waals surface area contributed by atoms with Crippen molar-refractivity contribution >= 4 is 5.91 Å². The van der Waals surface area contributed by atoms with Gasteiger partial charge in [0.25, 0.3) is 0 Å². The molecule has 0 bridgehead atoms. The molecule has 0 radical (unpaired) electrons. The second kappa shape index (κ2) is 6.02. The molecule has 0 fully saturated rings. The summed E-state index contributed by atoms with van der Waals surface area (Å²) in [6.07, 6.45) is 0. The molecular formula is C11H24N2O. The predicted octanol–water partition coefficient (Wildman–Crippen LogP) is 1.58. The van der Waals surface area contributed by atoms with Gasteiger partial charge in [0.05, 0.1) is 0 Å². The van der Waals surface area contributed by atoms with Gasteiger partial charge in [-0.05, 0) is 34.7 Å². The molecule has 0 saturated carbocycles. The molecule has 3 nitrogen and oxygen atoms in total. The Labute approximate surface area is 88.1 Å². The van der Waals surface area contributed by atoms with Crippen LogP contribution in [0.25, 0.3) is 0 Å². The van der Waals surface area contributed by atoms with Gasteiger partial charge in [0, 0.05) is 32.1 Å². The monoisotopic (exact) mass is 200 g/mol. The quantitative estimate of drug-likeness (QED) is 0.673. The average molecular weight is 200 g/mol. The zero-order valence-corrected chi connectivity index (χ0v) is 10.4. The Morgan fingerprint density at radius 3 is 1.86 bits per heavy atom. The molecule has 0 aromatic carbocycles. The van der Waals surface area contributed by atoms with Crippen molar-refractivity contribution in [3.05, 3.63) is 0 Å². The van der Waals surface area contributed by atoms with Crippen molar-refractivity contribution in [2.45, 2.75) is 46.7 Å². The molecule has 0 rings (SSSR count). The second-order valence-electron chi connectivity index (χ2n) is 4.38. The Morgan fingerprint density at radius 2 is 1.57 bits per heavy atom. The van der Waals surface area contributed by atoms with Gasteiger partial charge < -0.3 is 9.80 Å². The number of carbonyl (C=O) groups excluding carboxylic acids is 1. The number of amides is 1. The van der Waals surface area contributed by atoms with Crippen LogP contribution in [0, 0.1) is 0 Å². The van der Waals surface area contributed by atoms with Gasteiger partial charge in [-0.1, -0.05) is 0 Å². The summed E-state index contributed by atoms with van der Waals surface area (Å²) in [7, 11) is 2.09. The Kier molecular flexibility index (Phi) is 5.77. The third-order valence-corrected chi connectivity index (χ3v) is 2.60. The highest BCUT2D eigenvalue weighted by Crippen LogP contribution is 2.00. The normalized spacial score (nSPS) is 11.5. The molecule has 0 aliphatic heterocycles. The van der Waals surface area contributed by atoms with Gasteiger partial charge in [0.2, 0.25) is 5.91 Å². The summed E-state index contributed by atoms with van der Waals surface area (Å²) in [5.74, 6) is 0.164. The van der Waals surface area contributed by atoms with Gasteiger partial charge in [0.1, 0.15) is 0 Å². The van der Waals surface area contributed by atoms with Crippen LogP contribution in [0.15, 0.2) is 0 Å². The van der Waals surface area contributed by atoms with Crippen LogP contribution in [0.4, 0.5) is 0 Å². The number of likely N-dealkylation sites (N-methyl/N-ethyl adjacent to an activating group) is 1. The molecule has 0 saturated heterocycles. The van der Waals surface area contributed by atoms with Gasteiger partial charge in [-0.25, -0.2) is 0 Å². The highest BCUT2D eigenvalue weighted by molar-refractivity contribution is 5.73. The van der Waals surface area contributed by atoms with Gasteiger partial charge in [-0.15, -0.1) is 0 Å². The van der Waals surface area contributed by atoms with Crippen LogP contribution in [-0.2, 0) is 4.79 Å². The van der Waals surface area contributed by atoms with Crippen molar-refractivity contribution in [3.8, 4) is 0 Å². The predicted molar refractivity (Wildman–Crippen MR) is 60.3 cm³/mol. The van der Waals surface area contributed by atoms with Crippen LogP contribution in [0.3, 0.4) is 0 Å². The molecule has 0 N–H and O–H groups in total. The standard InChI is InChI=1S/C11H24N2O/c1-9(2)12(6)7-8-13(10(3)4)11(5)14/h9-10H,7-8H2,1-6H3. The van der Waals surface area contributed by atoms with Crippen molar-refractivity contribution < 1.29 is 4.79 Å². The maximum Gasteiger partial charge on any atom is 0.219 e. The number of hydrogen-bond acceptors (Lipinski definition) is 2. The van der Waals surface area contributed by atoms with Gasteiger partial charge >= 0.3 is 0 Å². The third-order valence-electron chi connectivity index (χ3n) is 2.60. The Bertz CT molecular complexity index is 178. The Morgan fingerprint density at radius 1 is 1.07 bits per heavy atom. The molecule has 0 aliphatic carbocycles. The molecule has 0 atom stereocenters. The lowest BCUT2D eigenvalue weighted by Gasteiger charge is -2.29. The SMILES string of the molecule is CC(=O)N(CCN(C)C(C)C)C(C)C. The summed E-state index contributed by atoms with van der Waals surface area (Å²) in [6, 6.07) is 0.837. The van der Waals surface area contributed by atoms with Gasteiger partial charge in [-0.3, -0.25) is 4.79 Å². The summed E-state index contributed by atoms with van der Waals surface area (Å²) in [5, 5.41) is 0. The van der Waals surface area contributed by atoms with Crippen molar-refractivity contribution in [1.82, 2.24) is 9.80 Å². The van der Waals surface area contributed by atoms with E-state index in [1.54, 1.807) is 6.92 Å². The fourth-order valence-corrected chi connectivity index (χ4v) is 1.30. The molecule has 3 heteroatoms. The molecule has 84 valence electrons. The molecule has 1 amide bonds. The lowest BCUT2D eigenvalue weighted by molar-refractivity contribution is -0.130. The summed E-state index contributed by atoms with van der Waals surface area (Å²) in [5.41, 5.74) is 0. The van der Waals surface area contributed by atoms with Crippen molar-refractivity contribution in [2.75, 3.05) is 20.1 Å². The molecule has 0 heterocycles. The van der Waals surface area contributed by atoms with E-state index in [2.05, 4.69) is 39.6 Å². The fraction of sp³-hybridized carbons (Fsp3) is 0.909. The smallest absolute Gasteiger partial charge is 0.219 e. The molecule has 0 aromatic rings. The van der Waals surface area contributed by atoms with E-state index in [4.69, 9.17) is 0 Å². The molecule has 14 heavy (non-hydrogen) atoms. The summed E-state index contributed by atoms with van der Waals surface area (Å²) in [4.78, 5) is 15.4. The zero-order valence-electron chi connectivity index (χ0n) is 10.4. The van der Waals surface area contributed by atoms with Gasteiger partial charge in [0.15, 0.2) is 0 Å². The van der Waals surface area contributed by atoms with Gasteiger partial charge in [-0.2, -0.15) is 0 Å². The Balaban J connectivity index is 4.01. The van der Waals surface area contributed by atoms with Crippen molar-refractivity contribution in [1.29, 1.82) is 0 Å². The summed E-state index contributed by atoms with van der Waals surface area (Å²) in [6.45, 7) is 11.8. The first-order valence-electron chi connectivity index (χ1n) is 5.33. The van der Waals surface area contributed by atoms with E-state index in [1.165, 1.54) is 0 Å². The highest BCUT2D eigenvalue weighted by atomic mass is 16.2. The van der Waals surface area contributed by atoms with Crippen molar-refractivity contribution in [2.24, 2.45) is 0 Å². The lowest BCUT2D eigenvalue weighted by atomic mass is 10.3. The minimum absolute atomic E-state index is 0.164.